The highest BCUT2D eigenvalue weighted by Gasteiger charge is 2.24. The van der Waals surface area contributed by atoms with E-state index in [2.05, 4.69) is 33.4 Å². The van der Waals surface area contributed by atoms with Crippen LogP contribution >= 0.6 is 0 Å². The van der Waals surface area contributed by atoms with E-state index in [4.69, 9.17) is 9.72 Å². The zero-order valence-electron chi connectivity index (χ0n) is 19.7. The molecular weight excluding hydrogens is 428 g/mol. The van der Waals surface area contributed by atoms with Crippen LogP contribution < -0.4 is 5.32 Å². The van der Waals surface area contributed by atoms with Crippen molar-refractivity contribution in [2.45, 2.75) is 39.2 Å². The molecule has 1 N–H and O–H groups in total. The van der Waals surface area contributed by atoms with Gasteiger partial charge in [-0.05, 0) is 68.5 Å². The highest BCUT2D eigenvalue weighted by atomic mass is 16.5. The summed E-state index contributed by atoms with van der Waals surface area (Å²) in [6.45, 7) is 7.68. The molecule has 1 aliphatic heterocycles. The molecule has 2 aliphatic rings. The lowest BCUT2D eigenvalue weighted by molar-refractivity contribution is 0.0150. The molecule has 1 unspecified atom stereocenters. The van der Waals surface area contributed by atoms with Crippen LogP contribution in [0, 0.1) is 13.8 Å². The van der Waals surface area contributed by atoms with Crippen LogP contribution in [0.5, 0.6) is 0 Å². The molecule has 3 aromatic heterocycles. The summed E-state index contributed by atoms with van der Waals surface area (Å²) in [6.07, 6.45) is 10.9. The van der Waals surface area contributed by atoms with E-state index in [9.17, 15) is 4.79 Å². The van der Waals surface area contributed by atoms with Gasteiger partial charge in [-0.1, -0.05) is 6.08 Å². The number of hydrogen-bond donors (Lipinski definition) is 1. The van der Waals surface area contributed by atoms with E-state index >= 15 is 0 Å². The summed E-state index contributed by atoms with van der Waals surface area (Å²) in [4.78, 5) is 20.0. The quantitative estimate of drug-likeness (QED) is 0.626. The van der Waals surface area contributed by atoms with Crippen molar-refractivity contribution in [3.63, 3.8) is 0 Å². The number of carbonyl (C=O) groups excluding carboxylic acids is 1. The molecule has 4 heterocycles. The van der Waals surface area contributed by atoms with Gasteiger partial charge in [0, 0.05) is 31.5 Å². The minimum absolute atomic E-state index is 0.182. The van der Waals surface area contributed by atoms with Crippen LogP contribution in [0.2, 0.25) is 0 Å². The number of amides is 1. The molecule has 34 heavy (non-hydrogen) atoms. The maximum Gasteiger partial charge on any atom is 0.257 e. The predicted molar refractivity (Wildman–Crippen MR) is 131 cm³/mol. The normalized spacial score (nSPS) is 19.0. The van der Waals surface area contributed by atoms with Crippen LogP contribution in [0.1, 0.15) is 46.6 Å². The number of morpholine rings is 1. The van der Waals surface area contributed by atoms with Gasteiger partial charge in [-0.2, -0.15) is 5.10 Å². The molecule has 1 fully saturated rings. The second-order valence-electron chi connectivity index (χ2n) is 8.99. The van der Waals surface area contributed by atoms with Crippen molar-refractivity contribution in [3.8, 4) is 5.82 Å². The number of ether oxygens (including phenoxy) is 1. The Bertz CT molecular complexity index is 1190. The summed E-state index contributed by atoms with van der Waals surface area (Å²) in [7, 11) is 0. The van der Waals surface area contributed by atoms with Crippen LogP contribution in [0.25, 0.3) is 11.4 Å². The van der Waals surface area contributed by atoms with Crippen molar-refractivity contribution in [2.24, 2.45) is 0 Å². The van der Waals surface area contributed by atoms with Gasteiger partial charge in [0.1, 0.15) is 0 Å². The topological polar surface area (TPSA) is 85.2 Å². The van der Waals surface area contributed by atoms with Gasteiger partial charge in [-0.15, -0.1) is 5.10 Å². The molecule has 8 heteroatoms. The van der Waals surface area contributed by atoms with E-state index < -0.39 is 0 Å². The third kappa shape index (κ3) is 4.93. The van der Waals surface area contributed by atoms with E-state index in [0.29, 0.717) is 23.1 Å². The molecule has 1 saturated heterocycles. The molecule has 0 bridgehead atoms. The van der Waals surface area contributed by atoms with Gasteiger partial charge < -0.3 is 14.6 Å². The molecule has 5 rings (SSSR count). The van der Waals surface area contributed by atoms with Gasteiger partial charge >= 0.3 is 0 Å². The molecular formula is C26H30N6O2. The van der Waals surface area contributed by atoms with Gasteiger partial charge in [-0.3, -0.25) is 14.7 Å². The Labute approximate surface area is 199 Å². The number of aryl methyl sites for hydroxylation is 2. The maximum atomic E-state index is 12.8. The largest absolute Gasteiger partial charge is 0.379 e. The summed E-state index contributed by atoms with van der Waals surface area (Å²) in [5, 5.41) is 11.2. The number of rotatable bonds is 5. The number of nitrogens with zero attached hydrogens (tertiary/aromatic N) is 5. The number of anilines is 1. The van der Waals surface area contributed by atoms with Crippen molar-refractivity contribution < 1.29 is 9.53 Å². The Morgan fingerprint density at radius 2 is 2.00 bits per heavy atom. The molecule has 176 valence electrons. The summed E-state index contributed by atoms with van der Waals surface area (Å²) in [6, 6.07) is 8.13. The third-order valence-electron chi connectivity index (χ3n) is 6.59. The summed E-state index contributed by atoms with van der Waals surface area (Å²) >= 11 is 0. The predicted octanol–water partition coefficient (Wildman–Crippen LogP) is 3.80. The molecule has 1 aliphatic carbocycles. The number of hydrogen-bond acceptors (Lipinski definition) is 6. The average molecular weight is 459 g/mol. The first-order valence-electron chi connectivity index (χ1n) is 11.8. The zero-order chi connectivity index (χ0) is 23.5. The van der Waals surface area contributed by atoms with Crippen LogP contribution in [-0.2, 0) is 4.74 Å². The average Bonchev–Trinajstić information content (AvgIpc) is 3.36. The number of aromatic nitrogens is 4. The zero-order valence-corrected chi connectivity index (χ0v) is 19.7. The van der Waals surface area contributed by atoms with E-state index in [1.165, 1.54) is 5.57 Å². The van der Waals surface area contributed by atoms with E-state index in [1.54, 1.807) is 29.2 Å². The van der Waals surface area contributed by atoms with Gasteiger partial charge in [0.05, 0.1) is 42.0 Å². The fourth-order valence-electron chi connectivity index (χ4n) is 4.70. The van der Waals surface area contributed by atoms with Gasteiger partial charge in [-0.25, -0.2) is 0 Å². The van der Waals surface area contributed by atoms with Gasteiger partial charge in [0.25, 0.3) is 5.91 Å². The molecule has 1 atom stereocenters. The number of pyridine rings is 1. The molecule has 1 amide bonds. The summed E-state index contributed by atoms with van der Waals surface area (Å²) in [5.41, 5.74) is 5.49. The number of allylic oxidation sites excluding steroid dienone is 1. The molecule has 0 saturated carbocycles. The van der Waals surface area contributed by atoms with Crippen LogP contribution in [0.3, 0.4) is 0 Å². The minimum atomic E-state index is -0.182. The summed E-state index contributed by atoms with van der Waals surface area (Å²) in [5.74, 6) is 0.487. The SMILES string of the molecule is Cc1ccc(-n2ccc(C(=O)Nc3cnc(C4=CCC(N5CCOCC5)CC4)c(C)c3)c2)nn1. The fourth-order valence-corrected chi connectivity index (χ4v) is 4.70. The Kier molecular flexibility index (Phi) is 6.51. The maximum absolute atomic E-state index is 12.8. The lowest BCUT2D eigenvalue weighted by Gasteiger charge is -2.36. The van der Waals surface area contributed by atoms with Gasteiger partial charge in [0.2, 0.25) is 0 Å². The van der Waals surface area contributed by atoms with E-state index in [1.807, 2.05) is 25.1 Å². The lowest BCUT2D eigenvalue weighted by atomic mass is 9.90. The first-order valence-corrected chi connectivity index (χ1v) is 11.8. The van der Waals surface area contributed by atoms with Gasteiger partial charge in [0.15, 0.2) is 5.82 Å². The molecule has 3 aromatic rings. The molecule has 0 spiro atoms. The van der Waals surface area contributed by atoms with Crippen molar-refractivity contribution in [1.82, 2.24) is 24.6 Å². The molecule has 0 radical (unpaired) electrons. The smallest absolute Gasteiger partial charge is 0.257 e. The first-order chi connectivity index (χ1) is 16.6. The second kappa shape index (κ2) is 9.87. The van der Waals surface area contributed by atoms with Crippen molar-refractivity contribution in [1.29, 1.82) is 0 Å². The van der Waals surface area contributed by atoms with Crippen molar-refractivity contribution >= 4 is 17.2 Å². The lowest BCUT2D eigenvalue weighted by Crippen LogP contribution is -2.43. The monoisotopic (exact) mass is 458 g/mol. The molecule has 8 nitrogen and oxygen atoms in total. The fraction of sp³-hybridized carbons (Fsp3) is 0.385. The van der Waals surface area contributed by atoms with Crippen LogP contribution in [0.4, 0.5) is 5.69 Å². The van der Waals surface area contributed by atoms with Crippen LogP contribution in [-0.4, -0.2) is 62.9 Å². The van der Waals surface area contributed by atoms with E-state index in [0.717, 1.165) is 62.5 Å². The molecule has 0 aromatic carbocycles. The first kappa shape index (κ1) is 22.4. The number of carbonyl (C=O) groups is 1. The standard InChI is InChI=1S/C26H30N6O2/c1-18-15-22(28-26(33)21-9-10-32(17-21)24-8-3-19(2)29-30-24)16-27-25(18)20-4-6-23(7-5-20)31-11-13-34-14-12-31/h3-4,8-10,15-17,23H,5-7,11-14H2,1-2H3,(H,28,33). The van der Waals surface area contributed by atoms with Crippen molar-refractivity contribution in [3.05, 3.63) is 71.4 Å². The second-order valence-corrected chi connectivity index (χ2v) is 8.99. The van der Waals surface area contributed by atoms with Crippen molar-refractivity contribution in [2.75, 3.05) is 31.6 Å². The van der Waals surface area contributed by atoms with Crippen LogP contribution in [0.15, 0.2) is 48.9 Å². The highest BCUT2D eigenvalue weighted by molar-refractivity contribution is 6.04. The third-order valence-corrected chi connectivity index (χ3v) is 6.59. The summed E-state index contributed by atoms with van der Waals surface area (Å²) < 4.78 is 7.27. The number of nitrogens with one attached hydrogen (secondary N) is 1. The Hall–Kier alpha value is -3.36. The Balaban J connectivity index is 1.23. The highest BCUT2D eigenvalue weighted by Crippen LogP contribution is 2.31. The Morgan fingerprint density at radius 1 is 1.15 bits per heavy atom. The van der Waals surface area contributed by atoms with E-state index in [-0.39, 0.29) is 5.91 Å². The minimum Gasteiger partial charge on any atom is -0.379 e. The Morgan fingerprint density at radius 3 is 2.71 bits per heavy atom.